The van der Waals surface area contributed by atoms with Gasteiger partial charge < -0.3 is 9.72 Å². The topological polar surface area (TPSA) is 67.0 Å². The second-order valence-electron chi connectivity index (χ2n) is 5.68. The van der Waals surface area contributed by atoms with Crippen LogP contribution in [0.3, 0.4) is 0 Å². The molecule has 0 spiro atoms. The van der Waals surface area contributed by atoms with Crippen molar-refractivity contribution in [3.63, 3.8) is 0 Å². The van der Waals surface area contributed by atoms with E-state index in [0.717, 1.165) is 42.0 Å². The van der Waals surface area contributed by atoms with Crippen LogP contribution in [0.25, 0.3) is 11.0 Å². The van der Waals surface area contributed by atoms with E-state index in [4.69, 9.17) is 4.74 Å². The molecule has 19 heavy (non-hydrogen) atoms. The van der Waals surface area contributed by atoms with Gasteiger partial charge in [-0.2, -0.15) is 0 Å². The van der Waals surface area contributed by atoms with Gasteiger partial charge in [0.1, 0.15) is 5.75 Å². The number of methoxy groups -OCH3 is 1. The molecule has 1 aromatic heterocycles. The molecular weight excluding hydrogens is 242 g/mol. The van der Waals surface area contributed by atoms with Crippen LogP contribution in [0.2, 0.25) is 0 Å². The number of imidazole rings is 1. The zero-order valence-corrected chi connectivity index (χ0v) is 10.7. The molecule has 2 bridgehead atoms. The second kappa shape index (κ2) is 3.50. The van der Waals surface area contributed by atoms with E-state index >= 15 is 0 Å². The molecule has 3 fully saturated rings. The molecular formula is C14H15N3O2. The van der Waals surface area contributed by atoms with Crippen molar-refractivity contribution in [2.24, 2.45) is 11.3 Å². The lowest BCUT2D eigenvalue weighted by Gasteiger charge is -2.59. The first-order chi connectivity index (χ1) is 9.18. The van der Waals surface area contributed by atoms with E-state index in [-0.39, 0.29) is 11.3 Å². The van der Waals surface area contributed by atoms with Crippen molar-refractivity contribution in [3.8, 4) is 5.75 Å². The zero-order valence-electron chi connectivity index (χ0n) is 10.7. The molecule has 1 amide bonds. The average Bonchev–Trinajstić information content (AvgIpc) is 2.65. The Morgan fingerprint density at radius 1 is 1.47 bits per heavy atom. The number of fused-ring (bicyclic) bond motifs is 1. The highest BCUT2D eigenvalue weighted by atomic mass is 16.5. The number of amides is 1. The molecule has 0 unspecified atom stereocenters. The highest BCUT2D eigenvalue weighted by Gasteiger charge is 2.61. The number of anilines is 1. The van der Waals surface area contributed by atoms with Crippen LogP contribution >= 0.6 is 0 Å². The van der Waals surface area contributed by atoms with Gasteiger partial charge in [0, 0.05) is 6.07 Å². The lowest BCUT2D eigenvalue weighted by Crippen LogP contribution is -2.58. The normalized spacial score (nSPS) is 27.5. The molecule has 5 nitrogen and oxygen atoms in total. The van der Waals surface area contributed by atoms with Gasteiger partial charge in [-0.05, 0) is 37.3 Å². The number of benzene rings is 1. The molecule has 3 aliphatic rings. The quantitative estimate of drug-likeness (QED) is 0.886. The number of ether oxygens (including phenoxy) is 1. The molecule has 5 heteroatoms. The Labute approximate surface area is 110 Å². The molecule has 0 atom stereocenters. The van der Waals surface area contributed by atoms with Gasteiger partial charge in [0.05, 0.1) is 23.6 Å². The third kappa shape index (κ3) is 1.47. The van der Waals surface area contributed by atoms with Crippen LogP contribution in [0.1, 0.15) is 19.3 Å². The van der Waals surface area contributed by atoms with Gasteiger partial charge in [0.15, 0.2) is 0 Å². The van der Waals surface area contributed by atoms with Gasteiger partial charge >= 0.3 is 0 Å². The smallest absolute Gasteiger partial charge is 0.232 e. The molecule has 98 valence electrons. The zero-order chi connectivity index (χ0) is 13.0. The lowest BCUT2D eigenvalue weighted by atomic mass is 9.44. The summed E-state index contributed by atoms with van der Waals surface area (Å²) in [5.41, 5.74) is 1.61. The Morgan fingerprint density at radius 2 is 2.26 bits per heavy atom. The van der Waals surface area contributed by atoms with Crippen molar-refractivity contribution in [1.29, 1.82) is 0 Å². The van der Waals surface area contributed by atoms with E-state index in [9.17, 15) is 4.79 Å². The minimum Gasteiger partial charge on any atom is -0.497 e. The SMILES string of the molecule is COc1ccc2nc(NC(=O)C34CC(C3)C4)[nH]c2c1. The molecule has 2 N–H and O–H groups in total. The highest BCUT2D eigenvalue weighted by Crippen LogP contribution is 2.64. The fourth-order valence-corrected chi connectivity index (χ4v) is 3.17. The number of aromatic amines is 1. The number of hydrogen-bond donors (Lipinski definition) is 2. The minimum atomic E-state index is -0.0820. The summed E-state index contributed by atoms with van der Waals surface area (Å²) < 4.78 is 5.16. The summed E-state index contributed by atoms with van der Waals surface area (Å²) in [6.45, 7) is 0. The van der Waals surface area contributed by atoms with Gasteiger partial charge in [-0.3, -0.25) is 10.1 Å². The number of H-pyrrole nitrogens is 1. The van der Waals surface area contributed by atoms with Crippen LogP contribution in [-0.2, 0) is 4.79 Å². The molecule has 0 radical (unpaired) electrons. The van der Waals surface area contributed by atoms with E-state index in [1.807, 2.05) is 18.2 Å². The number of carbonyl (C=O) groups is 1. The number of carbonyl (C=O) groups excluding carboxylic acids is 1. The number of rotatable bonds is 3. The van der Waals surface area contributed by atoms with Crippen LogP contribution in [0.5, 0.6) is 5.75 Å². The highest BCUT2D eigenvalue weighted by molar-refractivity contribution is 5.97. The van der Waals surface area contributed by atoms with Crippen molar-refractivity contribution in [3.05, 3.63) is 18.2 Å². The van der Waals surface area contributed by atoms with E-state index < -0.39 is 0 Å². The maximum absolute atomic E-state index is 12.2. The third-order valence-corrected chi connectivity index (χ3v) is 4.44. The third-order valence-electron chi connectivity index (χ3n) is 4.44. The summed E-state index contributed by atoms with van der Waals surface area (Å²) in [6.07, 6.45) is 3.15. The summed E-state index contributed by atoms with van der Waals surface area (Å²) in [5.74, 6) is 2.21. The van der Waals surface area contributed by atoms with Gasteiger partial charge in [0.25, 0.3) is 0 Å². The molecule has 1 heterocycles. The summed E-state index contributed by atoms with van der Waals surface area (Å²) in [7, 11) is 1.63. The molecule has 3 saturated carbocycles. The maximum atomic E-state index is 12.2. The molecule has 0 aliphatic heterocycles. The summed E-state index contributed by atoms with van der Waals surface area (Å²) in [5, 5.41) is 2.90. The van der Waals surface area contributed by atoms with Gasteiger partial charge in [-0.25, -0.2) is 4.98 Å². The minimum absolute atomic E-state index is 0.0820. The van der Waals surface area contributed by atoms with Crippen LogP contribution < -0.4 is 10.1 Å². The van der Waals surface area contributed by atoms with Crippen molar-refractivity contribution in [1.82, 2.24) is 9.97 Å². The molecule has 3 aliphatic carbocycles. The Hall–Kier alpha value is -2.04. The Bertz CT molecular complexity index is 659. The largest absolute Gasteiger partial charge is 0.497 e. The summed E-state index contributed by atoms with van der Waals surface area (Å²) >= 11 is 0. The number of nitrogens with zero attached hydrogens (tertiary/aromatic N) is 1. The van der Waals surface area contributed by atoms with Gasteiger partial charge in [0.2, 0.25) is 11.9 Å². The first-order valence-corrected chi connectivity index (χ1v) is 6.54. The van der Waals surface area contributed by atoms with E-state index in [1.165, 1.54) is 0 Å². The van der Waals surface area contributed by atoms with Gasteiger partial charge in [-0.1, -0.05) is 0 Å². The van der Waals surface area contributed by atoms with Gasteiger partial charge in [-0.15, -0.1) is 0 Å². The predicted molar refractivity (Wildman–Crippen MR) is 71.0 cm³/mol. The maximum Gasteiger partial charge on any atom is 0.232 e. The standard InChI is InChI=1S/C14H15N3O2/c1-19-9-2-3-10-11(4-9)16-13(15-10)17-12(18)14-5-8(6-14)7-14/h2-4,8H,5-7H2,1H3,(H2,15,16,17,18). The van der Waals surface area contributed by atoms with Crippen LogP contribution in [0.4, 0.5) is 5.95 Å². The van der Waals surface area contributed by atoms with Crippen LogP contribution in [-0.4, -0.2) is 23.0 Å². The van der Waals surface area contributed by atoms with Crippen molar-refractivity contribution < 1.29 is 9.53 Å². The Morgan fingerprint density at radius 3 is 2.89 bits per heavy atom. The van der Waals surface area contributed by atoms with E-state index in [0.29, 0.717) is 5.95 Å². The van der Waals surface area contributed by atoms with E-state index in [1.54, 1.807) is 7.11 Å². The fourth-order valence-electron chi connectivity index (χ4n) is 3.17. The molecule has 5 rings (SSSR count). The average molecular weight is 257 g/mol. The first-order valence-electron chi connectivity index (χ1n) is 6.54. The van der Waals surface area contributed by atoms with Crippen LogP contribution in [0, 0.1) is 11.3 Å². The van der Waals surface area contributed by atoms with Crippen LogP contribution in [0.15, 0.2) is 18.2 Å². The summed E-state index contributed by atoms with van der Waals surface area (Å²) in [4.78, 5) is 19.6. The Kier molecular flexibility index (Phi) is 2.00. The second-order valence-corrected chi connectivity index (χ2v) is 5.68. The first kappa shape index (κ1) is 10.8. The van der Waals surface area contributed by atoms with E-state index in [2.05, 4.69) is 15.3 Å². The molecule has 0 saturated heterocycles. The molecule has 1 aromatic carbocycles. The van der Waals surface area contributed by atoms with Crippen molar-refractivity contribution in [2.75, 3.05) is 12.4 Å². The number of hydrogen-bond acceptors (Lipinski definition) is 3. The monoisotopic (exact) mass is 257 g/mol. The van der Waals surface area contributed by atoms with Crippen molar-refractivity contribution >= 4 is 22.9 Å². The number of aromatic nitrogens is 2. The number of nitrogens with one attached hydrogen (secondary N) is 2. The van der Waals surface area contributed by atoms with Crippen molar-refractivity contribution in [2.45, 2.75) is 19.3 Å². The Balaban J connectivity index is 1.59. The summed E-state index contributed by atoms with van der Waals surface area (Å²) in [6, 6.07) is 5.61. The predicted octanol–water partition coefficient (Wildman–Crippen LogP) is 2.31. The fraction of sp³-hybridized carbons (Fsp3) is 0.429. The molecule has 2 aromatic rings. The lowest BCUT2D eigenvalue weighted by molar-refractivity contribution is -0.158.